The minimum Gasteiger partial charge on any atom is -0.0616 e. The average molecular weight is 268 g/mol. The predicted molar refractivity (Wildman–Crippen MR) is 91.6 cm³/mol. The first-order valence-corrected chi connectivity index (χ1v) is 7.31. The lowest BCUT2D eigenvalue weighted by molar-refractivity contribution is 1.53. The van der Waals surface area contributed by atoms with Gasteiger partial charge in [0.2, 0.25) is 0 Å². The van der Waals surface area contributed by atoms with Crippen LogP contribution in [-0.2, 0) is 0 Å². The van der Waals surface area contributed by atoms with E-state index in [1.165, 1.54) is 38.2 Å². The van der Waals surface area contributed by atoms with Gasteiger partial charge in [-0.2, -0.15) is 0 Å². The van der Waals surface area contributed by atoms with Crippen LogP contribution < -0.4 is 0 Å². The van der Waals surface area contributed by atoms with E-state index in [9.17, 15) is 0 Å². The van der Waals surface area contributed by atoms with E-state index >= 15 is 0 Å². The first-order valence-electron chi connectivity index (χ1n) is 7.31. The molecule has 4 rings (SSSR count). The number of fused-ring (bicyclic) bond motifs is 2. The van der Waals surface area contributed by atoms with Gasteiger partial charge in [-0.25, -0.2) is 0 Å². The Morgan fingerprint density at radius 3 is 1.95 bits per heavy atom. The minimum absolute atomic E-state index is 1.29. The molecule has 0 aliphatic heterocycles. The van der Waals surface area contributed by atoms with Crippen molar-refractivity contribution in [3.05, 3.63) is 84.4 Å². The lowest BCUT2D eigenvalue weighted by Crippen LogP contribution is -1.86. The van der Waals surface area contributed by atoms with Gasteiger partial charge < -0.3 is 0 Å². The van der Waals surface area contributed by atoms with Crippen molar-refractivity contribution in [2.45, 2.75) is 6.92 Å². The second-order valence-corrected chi connectivity index (χ2v) is 5.50. The van der Waals surface area contributed by atoms with Crippen LogP contribution in [0.4, 0.5) is 0 Å². The molecule has 0 bridgehead atoms. The molecule has 4 aromatic carbocycles. The van der Waals surface area contributed by atoms with Crippen LogP contribution >= 0.6 is 0 Å². The molecule has 0 unspecified atom stereocenters. The lowest BCUT2D eigenvalue weighted by Gasteiger charge is -2.11. The van der Waals surface area contributed by atoms with Gasteiger partial charge in [-0.1, -0.05) is 78.9 Å². The predicted octanol–water partition coefficient (Wildman–Crippen LogP) is 5.97. The van der Waals surface area contributed by atoms with Crippen LogP contribution in [0.2, 0.25) is 0 Å². The quantitative estimate of drug-likeness (QED) is 0.399. The van der Waals surface area contributed by atoms with Gasteiger partial charge in [0, 0.05) is 0 Å². The molecular weight excluding hydrogens is 252 g/mol. The summed E-state index contributed by atoms with van der Waals surface area (Å²) < 4.78 is 0. The highest BCUT2D eigenvalue weighted by Crippen LogP contribution is 2.34. The van der Waals surface area contributed by atoms with Crippen molar-refractivity contribution in [2.24, 2.45) is 0 Å². The van der Waals surface area contributed by atoms with Crippen LogP contribution in [0.1, 0.15) is 5.56 Å². The second kappa shape index (κ2) is 4.75. The number of hydrogen-bond acceptors (Lipinski definition) is 0. The molecule has 100 valence electrons. The fourth-order valence-corrected chi connectivity index (χ4v) is 3.14. The molecule has 0 saturated carbocycles. The summed E-state index contributed by atoms with van der Waals surface area (Å²) in [6.45, 7) is 2.18. The summed E-state index contributed by atoms with van der Waals surface area (Å²) in [4.78, 5) is 0. The van der Waals surface area contributed by atoms with Crippen molar-refractivity contribution < 1.29 is 0 Å². The van der Waals surface area contributed by atoms with Crippen LogP contribution in [0.25, 0.3) is 32.7 Å². The average Bonchev–Trinajstić information content (AvgIpc) is 2.55. The summed E-state index contributed by atoms with van der Waals surface area (Å²) in [6.07, 6.45) is 0. The molecule has 0 aromatic heterocycles. The molecule has 21 heavy (non-hydrogen) atoms. The molecule has 0 N–H and O–H groups in total. The van der Waals surface area contributed by atoms with E-state index in [1.54, 1.807) is 0 Å². The molecule has 0 amide bonds. The number of benzene rings is 4. The van der Waals surface area contributed by atoms with E-state index in [-0.39, 0.29) is 0 Å². The van der Waals surface area contributed by atoms with Gasteiger partial charge in [0.1, 0.15) is 0 Å². The molecule has 0 nitrogen and oxygen atoms in total. The third kappa shape index (κ3) is 1.92. The first kappa shape index (κ1) is 12.2. The molecule has 4 aromatic rings. The van der Waals surface area contributed by atoms with Gasteiger partial charge in [0.05, 0.1) is 0 Å². The Bertz CT molecular complexity index is 943. The monoisotopic (exact) mass is 268 g/mol. The summed E-state index contributed by atoms with van der Waals surface area (Å²) in [7, 11) is 0. The van der Waals surface area contributed by atoms with E-state index in [1.807, 2.05) is 0 Å². The zero-order valence-corrected chi connectivity index (χ0v) is 12.0. The molecule has 0 spiro atoms. The third-order valence-electron chi connectivity index (χ3n) is 4.22. The van der Waals surface area contributed by atoms with E-state index in [2.05, 4.69) is 85.8 Å². The van der Waals surface area contributed by atoms with Crippen molar-refractivity contribution in [1.82, 2.24) is 0 Å². The van der Waals surface area contributed by atoms with E-state index in [0.717, 1.165) is 0 Å². The first-order chi connectivity index (χ1) is 10.3. The molecule has 0 aliphatic rings. The minimum atomic E-state index is 1.29. The van der Waals surface area contributed by atoms with Crippen LogP contribution in [0, 0.1) is 6.92 Å². The fourth-order valence-electron chi connectivity index (χ4n) is 3.14. The van der Waals surface area contributed by atoms with Gasteiger partial charge in [0.15, 0.2) is 0 Å². The standard InChI is InChI=1S/C21H16/c1-15-13-14-21(19-11-5-4-9-17(15)19)20-12-6-8-16-7-2-3-10-18(16)20/h2-14H,1H3. The van der Waals surface area contributed by atoms with E-state index in [4.69, 9.17) is 0 Å². The Kier molecular flexibility index (Phi) is 2.75. The molecular formula is C21H16. The molecule has 0 radical (unpaired) electrons. The summed E-state index contributed by atoms with van der Waals surface area (Å²) in [6, 6.07) is 28.3. The Balaban J connectivity index is 2.13. The van der Waals surface area contributed by atoms with Crippen LogP contribution in [0.3, 0.4) is 0 Å². The molecule has 0 heterocycles. The normalized spacial score (nSPS) is 11.1. The molecule has 0 aliphatic carbocycles. The summed E-state index contributed by atoms with van der Waals surface area (Å²) >= 11 is 0. The highest BCUT2D eigenvalue weighted by atomic mass is 14.1. The van der Waals surface area contributed by atoms with Gasteiger partial charge in [-0.3, -0.25) is 0 Å². The maximum atomic E-state index is 2.25. The molecule has 0 saturated heterocycles. The van der Waals surface area contributed by atoms with Crippen molar-refractivity contribution >= 4 is 21.5 Å². The molecule has 0 fully saturated rings. The van der Waals surface area contributed by atoms with Gasteiger partial charge in [-0.15, -0.1) is 0 Å². The maximum Gasteiger partial charge on any atom is -0.00990 e. The van der Waals surface area contributed by atoms with Crippen LogP contribution in [-0.4, -0.2) is 0 Å². The molecule has 0 heteroatoms. The van der Waals surface area contributed by atoms with Crippen molar-refractivity contribution in [3.8, 4) is 11.1 Å². The van der Waals surface area contributed by atoms with Gasteiger partial charge in [-0.05, 0) is 45.2 Å². The van der Waals surface area contributed by atoms with Crippen molar-refractivity contribution in [3.63, 3.8) is 0 Å². The Labute approximate surface area is 124 Å². The zero-order chi connectivity index (χ0) is 14.2. The second-order valence-electron chi connectivity index (χ2n) is 5.50. The smallest absolute Gasteiger partial charge is 0.00990 e. The largest absolute Gasteiger partial charge is 0.0616 e. The van der Waals surface area contributed by atoms with Gasteiger partial charge >= 0.3 is 0 Å². The number of rotatable bonds is 1. The summed E-state index contributed by atoms with van der Waals surface area (Å²) in [5.74, 6) is 0. The highest BCUT2D eigenvalue weighted by molar-refractivity contribution is 6.06. The van der Waals surface area contributed by atoms with Crippen molar-refractivity contribution in [1.29, 1.82) is 0 Å². The Hall–Kier alpha value is -2.60. The molecule has 0 atom stereocenters. The maximum absolute atomic E-state index is 2.25. The SMILES string of the molecule is Cc1ccc(-c2cccc3ccccc23)c2ccccc12. The van der Waals surface area contributed by atoms with Crippen LogP contribution in [0.5, 0.6) is 0 Å². The fraction of sp³-hybridized carbons (Fsp3) is 0.0476. The highest BCUT2D eigenvalue weighted by Gasteiger charge is 2.08. The topological polar surface area (TPSA) is 0 Å². The summed E-state index contributed by atoms with van der Waals surface area (Å²) in [5.41, 5.74) is 3.95. The summed E-state index contributed by atoms with van der Waals surface area (Å²) in [5, 5.41) is 5.27. The Morgan fingerprint density at radius 1 is 0.476 bits per heavy atom. The lowest BCUT2D eigenvalue weighted by atomic mass is 9.92. The zero-order valence-electron chi connectivity index (χ0n) is 12.0. The third-order valence-corrected chi connectivity index (χ3v) is 4.22. The van der Waals surface area contributed by atoms with E-state index < -0.39 is 0 Å². The van der Waals surface area contributed by atoms with Crippen LogP contribution in [0.15, 0.2) is 78.9 Å². The number of hydrogen-bond donors (Lipinski definition) is 0. The van der Waals surface area contributed by atoms with Crippen molar-refractivity contribution in [2.75, 3.05) is 0 Å². The van der Waals surface area contributed by atoms with Gasteiger partial charge in [0.25, 0.3) is 0 Å². The Morgan fingerprint density at radius 2 is 1.10 bits per heavy atom. The van der Waals surface area contributed by atoms with E-state index in [0.29, 0.717) is 0 Å². The number of aryl methyl sites for hydroxylation is 1.